The molecule has 3 aromatic heterocycles. The summed E-state index contributed by atoms with van der Waals surface area (Å²) in [5.41, 5.74) is 5.41. The van der Waals surface area contributed by atoms with Crippen molar-refractivity contribution in [2.24, 2.45) is 0 Å². The van der Waals surface area contributed by atoms with E-state index >= 15 is 0 Å². The molecule has 0 saturated carbocycles. The number of amides is 1. The minimum Gasteiger partial charge on any atom is -0.368 e. The summed E-state index contributed by atoms with van der Waals surface area (Å²) in [6.07, 6.45) is 2.89. The van der Waals surface area contributed by atoms with Gasteiger partial charge in [-0.25, -0.2) is 9.37 Å². The molecule has 170 valence electrons. The van der Waals surface area contributed by atoms with Crippen LogP contribution in [-0.2, 0) is 6.54 Å². The van der Waals surface area contributed by atoms with Gasteiger partial charge in [0.2, 0.25) is 0 Å². The Bertz CT molecular complexity index is 1380. The normalized spacial score (nSPS) is 11.9. The third kappa shape index (κ3) is 3.96. The van der Waals surface area contributed by atoms with Crippen LogP contribution in [0.25, 0.3) is 11.3 Å². The molecule has 5 rings (SSSR count). The number of fused-ring (bicyclic) bond motifs is 3. The number of hydrogen-bond donors (Lipinski definition) is 3. The van der Waals surface area contributed by atoms with E-state index in [1.807, 2.05) is 31.3 Å². The average Bonchev–Trinajstić information content (AvgIpc) is 2.85. The van der Waals surface area contributed by atoms with Gasteiger partial charge in [0, 0.05) is 38.5 Å². The molecule has 10 heteroatoms. The Morgan fingerprint density at radius 3 is 2.68 bits per heavy atom. The molecule has 0 fully saturated rings. The molecule has 0 spiro atoms. The molecule has 0 atom stereocenters. The molecule has 4 aromatic rings. The largest absolute Gasteiger partial charge is 0.368 e. The third-order valence-corrected chi connectivity index (χ3v) is 5.46. The highest BCUT2D eigenvalue weighted by Crippen LogP contribution is 2.43. The lowest BCUT2D eigenvalue weighted by Gasteiger charge is -2.31. The molecule has 0 unspecified atom stereocenters. The van der Waals surface area contributed by atoms with Crippen LogP contribution in [0.3, 0.4) is 0 Å². The SMILES string of the molecule is CNC(=O)c1nnc(Nc2ccc(F)cn2)cc1Nc1cccc2c1N(C)Cc1cccnc1-2. The number of nitrogens with one attached hydrogen (secondary N) is 3. The third-order valence-electron chi connectivity index (χ3n) is 5.46. The van der Waals surface area contributed by atoms with Crippen LogP contribution in [0.15, 0.2) is 60.9 Å². The first-order valence-corrected chi connectivity index (χ1v) is 10.6. The fourth-order valence-electron chi connectivity index (χ4n) is 3.95. The van der Waals surface area contributed by atoms with Crippen LogP contribution in [0.2, 0.25) is 0 Å². The van der Waals surface area contributed by atoms with Crippen molar-refractivity contribution < 1.29 is 9.18 Å². The number of rotatable bonds is 5. The highest BCUT2D eigenvalue weighted by molar-refractivity contribution is 6.00. The maximum Gasteiger partial charge on any atom is 0.273 e. The molecule has 0 bridgehead atoms. The molecule has 1 aromatic carbocycles. The first kappa shape index (κ1) is 21.3. The van der Waals surface area contributed by atoms with Gasteiger partial charge in [-0.2, -0.15) is 0 Å². The number of nitrogens with zero attached hydrogens (tertiary/aromatic N) is 5. The lowest BCUT2D eigenvalue weighted by Crippen LogP contribution is -2.24. The van der Waals surface area contributed by atoms with Crippen LogP contribution in [0.1, 0.15) is 16.1 Å². The summed E-state index contributed by atoms with van der Waals surface area (Å²) in [7, 11) is 3.54. The second kappa shape index (κ2) is 8.74. The number of aromatic nitrogens is 4. The summed E-state index contributed by atoms with van der Waals surface area (Å²) >= 11 is 0. The maximum absolute atomic E-state index is 13.2. The Morgan fingerprint density at radius 1 is 1.00 bits per heavy atom. The summed E-state index contributed by atoms with van der Waals surface area (Å²) < 4.78 is 13.2. The molecular formula is C24H21FN8O. The Labute approximate surface area is 195 Å². The number of para-hydroxylation sites is 1. The monoisotopic (exact) mass is 456 g/mol. The quantitative estimate of drug-likeness (QED) is 0.415. The van der Waals surface area contributed by atoms with Gasteiger partial charge >= 0.3 is 0 Å². The number of benzene rings is 1. The van der Waals surface area contributed by atoms with Gasteiger partial charge in [-0.3, -0.25) is 9.78 Å². The van der Waals surface area contributed by atoms with E-state index in [0.717, 1.165) is 34.4 Å². The average molecular weight is 456 g/mol. The number of halogens is 1. The van der Waals surface area contributed by atoms with Crippen molar-refractivity contribution in [3.63, 3.8) is 0 Å². The summed E-state index contributed by atoms with van der Waals surface area (Å²) in [5, 5.41) is 17.1. The number of carbonyl (C=O) groups excluding carboxylic acids is 1. The summed E-state index contributed by atoms with van der Waals surface area (Å²) in [4.78, 5) is 23.2. The van der Waals surface area contributed by atoms with Crippen molar-refractivity contribution in [2.45, 2.75) is 6.54 Å². The van der Waals surface area contributed by atoms with E-state index in [0.29, 0.717) is 23.9 Å². The molecule has 0 radical (unpaired) electrons. The van der Waals surface area contributed by atoms with E-state index in [2.05, 4.69) is 47.1 Å². The Morgan fingerprint density at radius 2 is 1.88 bits per heavy atom. The minimum absolute atomic E-state index is 0.134. The van der Waals surface area contributed by atoms with Crippen LogP contribution in [0, 0.1) is 5.82 Å². The molecule has 4 heterocycles. The Balaban J connectivity index is 1.55. The summed E-state index contributed by atoms with van der Waals surface area (Å²) in [5.74, 6) is -0.0807. The molecule has 9 nitrogen and oxygen atoms in total. The van der Waals surface area contributed by atoms with Gasteiger partial charge < -0.3 is 20.9 Å². The van der Waals surface area contributed by atoms with Crippen molar-refractivity contribution in [3.8, 4) is 11.3 Å². The highest BCUT2D eigenvalue weighted by Gasteiger charge is 2.24. The van der Waals surface area contributed by atoms with Crippen LogP contribution >= 0.6 is 0 Å². The molecule has 1 aliphatic heterocycles. The van der Waals surface area contributed by atoms with E-state index in [1.54, 1.807) is 12.3 Å². The van der Waals surface area contributed by atoms with Crippen LogP contribution < -0.4 is 20.9 Å². The van der Waals surface area contributed by atoms with Crippen molar-refractivity contribution in [1.82, 2.24) is 25.5 Å². The number of pyridine rings is 2. The van der Waals surface area contributed by atoms with Gasteiger partial charge in [0.15, 0.2) is 11.5 Å². The molecular weight excluding hydrogens is 435 g/mol. The minimum atomic E-state index is -0.442. The van der Waals surface area contributed by atoms with Gasteiger partial charge in [0.25, 0.3) is 5.91 Å². The standard InChI is InChI=1S/C24H21FN8O/c1-26-24(34)22-18(11-20(31-32-22)30-19-9-8-15(25)12-28-19)29-17-7-3-6-16-21-14(5-4-10-27-21)13-33(2)23(16)17/h3-12H,13H2,1-2H3,(H,26,34)(H2,28,29,30,31). The predicted molar refractivity (Wildman–Crippen MR) is 128 cm³/mol. The number of hydrogen-bond acceptors (Lipinski definition) is 8. The van der Waals surface area contributed by atoms with Crippen molar-refractivity contribution in [1.29, 1.82) is 0 Å². The smallest absolute Gasteiger partial charge is 0.273 e. The first-order valence-electron chi connectivity index (χ1n) is 10.6. The zero-order valence-corrected chi connectivity index (χ0v) is 18.5. The van der Waals surface area contributed by atoms with Crippen LogP contribution in [0.4, 0.5) is 33.1 Å². The second-order valence-electron chi connectivity index (χ2n) is 7.75. The van der Waals surface area contributed by atoms with Gasteiger partial charge in [-0.05, 0) is 29.8 Å². The van der Waals surface area contributed by atoms with Crippen LogP contribution in [-0.4, -0.2) is 40.2 Å². The number of anilines is 5. The van der Waals surface area contributed by atoms with Crippen molar-refractivity contribution in [3.05, 3.63) is 78.0 Å². The van der Waals surface area contributed by atoms with Crippen molar-refractivity contribution >= 4 is 34.6 Å². The first-order chi connectivity index (χ1) is 16.5. The molecule has 1 amide bonds. The maximum atomic E-state index is 13.2. The molecule has 3 N–H and O–H groups in total. The fourth-order valence-corrected chi connectivity index (χ4v) is 3.95. The lowest BCUT2D eigenvalue weighted by molar-refractivity contribution is 0.0958. The van der Waals surface area contributed by atoms with E-state index < -0.39 is 5.82 Å². The highest BCUT2D eigenvalue weighted by atomic mass is 19.1. The second-order valence-corrected chi connectivity index (χ2v) is 7.75. The Kier molecular flexibility index (Phi) is 5.46. The van der Waals surface area contributed by atoms with E-state index in [1.165, 1.54) is 19.2 Å². The number of carbonyl (C=O) groups is 1. The summed E-state index contributed by atoms with van der Waals surface area (Å²) in [6, 6.07) is 14.3. The molecule has 0 saturated heterocycles. The Hall–Kier alpha value is -4.60. The molecule has 0 aliphatic carbocycles. The fraction of sp³-hybridized carbons (Fsp3) is 0.125. The summed E-state index contributed by atoms with van der Waals surface area (Å²) in [6.45, 7) is 0.703. The van der Waals surface area contributed by atoms with Gasteiger partial charge in [-0.15, -0.1) is 10.2 Å². The van der Waals surface area contributed by atoms with Gasteiger partial charge in [-0.1, -0.05) is 18.2 Å². The molecule has 34 heavy (non-hydrogen) atoms. The van der Waals surface area contributed by atoms with Gasteiger partial charge in [0.1, 0.15) is 11.6 Å². The van der Waals surface area contributed by atoms with Crippen LogP contribution in [0.5, 0.6) is 0 Å². The molecule has 1 aliphatic rings. The zero-order chi connectivity index (χ0) is 23.7. The van der Waals surface area contributed by atoms with Crippen molar-refractivity contribution in [2.75, 3.05) is 29.6 Å². The van der Waals surface area contributed by atoms with E-state index in [9.17, 15) is 9.18 Å². The zero-order valence-electron chi connectivity index (χ0n) is 18.5. The van der Waals surface area contributed by atoms with Gasteiger partial charge in [0.05, 0.1) is 29.0 Å². The lowest BCUT2D eigenvalue weighted by atomic mass is 9.97. The van der Waals surface area contributed by atoms with E-state index in [-0.39, 0.29) is 11.6 Å². The van der Waals surface area contributed by atoms with E-state index in [4.69, 9.17) is 0 Å². The predicted octanol–water partition coefficient (Wildman–Crippen LogP) is 3.87. The topological polar surface area (TPSA) is 108 Å².